The number of rotatable bonds is 6. The number of ether oxygens (including phenoxy) is 3. The first-order chi connectivity index (χ1) is 14.6. The van der Waals surface area contributed by atoms with Gasteiger partial charge in [-0.15, -0.1) is 26.3 Å². The van der Waals surface area contributed by atoms with Gasteiger partial charge in [0.25, 0.3) is 0 Å². The number of nitrogens with zero attached hydrogens (tertiary/aromatic N) is 1. The monoisotopic (exact) mass is 450 g/mol. The Labute approximate surface area is 174 Å². The van der Waals surface area contributed by atoms with E-state index in [0.717, 1.165) is 6.07 Å². The Morgan fingerprint density at radius 1 is 0.839 bits per heavy atom. The molecule has 5 nitrogen and oxygen atoms in total. The molecule has 3 rings (SSSR count). The average molecular weight is 450 g/mol. The topological polar surface area (TPSA) is 43.0 Å². The lowest BCUT2D eigenvalue weighted by molar-refractivity contribution is -0.275. The summed E-state index contributed by atoms with van der Waals surface area (Å²) in [7, 11) is 1.39. The fourth-order valence-corrected chi connectivity index (χ4v) is 3.50. The van der Waals surface area contributed by atoms with Crippen LogP contribution in [0.15, 0.2) is 42.5 Å². The number of piperazine rings is 1. The Morgan fingerprint density at radius 3 is 1.94 bits per heavy atom. The molecule has 2 aromatic carbocycles. The number of hydrogen-bond acceptors (Lipinski definition) is 5. The standard InChI is InChI=1S/C20H20F6N2O3/c1-29-17-7-6-15(31-20(24,25)26)12-16(17)18(28-10-8-27-9-11-28)13-2-4-14(5-3-13)30-19(21,22)23/h2-7,12,18,27H,8-11H2,1H3/t18-/m0/s1. The third-order valence-electron chi connectivity index (χ3n) is 4.68. The first-order valence-electron chi connectivity index (χ1n) is 9.30. The Morgan fingerprint density at radius 2 is 1.39 bits per heavy atom. The van der Waals surface area contributed by atoms with Gasteiger partial charge in [-0.3, -0.25) is 4.90 Å². The molecule has 1 fully saturated rings. The van der Waals surface area contributed by atoms with Gasteiger partial charge < -0.3 is 19.5 Å². The summed E-state index contributed by atoms with van der Waals surface area (Å²) < 4.78 is 89.0. The Kier molecular flexibility index (Phi) is 6.85. The van der Waals surface area contributed by atoms with E-state index in [0.29, 0.717) is 43.1 Å². The molecule has 11 heteroatoms. The number of hydrogen-bond donors (Lipinski definition) is 1. The lowest BCUT2D eigenvalue weighted by Crippen LogP contribution is -2.45. The van der Waals surface area contributed by atoms with Gasteiger partial charge in [0.05, 0.1) is 13.2 Å². The molecular formula is C20H20F6N2O3. The number of alkyl halides is 6. The minimum Gasteiger partial charge on any atom is -0.496 e. The lowest BCUT2D eigenvalue weighted by atomic mass is 9.95. The average Bonchev–Trinajstić information content (AvgIpc) is 2.68. The molecule has 31 heavy (non-hydrogen) atoms. The zero-order valence-electron chi connectivity index (χ0n) is 16.4. The van der Waals surface area contributed by atoms with Crippen molar-refractivity contribution in [3.63, 3.8) is 0 Å². The Bertz CT molecular complexity index is 865. The molecule has 0 bridgehead atoms. The van der Waals surface area contributed by atoms with E-state index in [-0.39, 0.29) is 0 Å². The van der Waals surface area contributed by atoms with Gasteiger partial charge in [0, 0.05) is 31.7 Å². The number of methoxy groups -OCH3 is 1. The van der Waals surface area contributed by atoms with E-state index in [1.54, 1.807) is 0 Å². The molecule has 0 aromatic heterocycles. The molecule has 2 aromatic rings. The molecule has 0 amide bonds. The van der Waals surface area contributed by atoms with Crippen molar-refractivity contribution in [3.8, 4) is 17.2 Å². The lowest BCUT2D eigenvalue weighted by Gasteiger charge is -2.36. The van der Waals surface area contributed by atoms with Crippen LogP contribution in [0.5, 0.6) is 17.2 Å². The molecule has 0 unspecified atom stereocenters. The quantitative estimate of drug-likeness (QED) is 0.658. The molecular weight excluding hydrogens is 430 g/mol. The maximum Gasteiger partial charge on any atom is 0.573 e. The largest absolute Gasteiger partial charge is 0.573 e. The maximum absolute atomic E-state index is 12.7. The summed E-state index contributed by atoms with van der Waals surface area (Å²) in [5.74, 6) is -0.481. The second-order valence-electron chi connectivity index (χ2n) is 6.76. The molecule has 1 atom stereocenters. The van der Waals surface area contributed by atoms with Crippen LogP contribution in [0, 0.1) is 0 Å². The molecule has 1 aliphatic heterocycles. The van der Waals surface area contributed by atoms with E-state index in [1.165, 1.54) is 43.5 Å². The van der Waals surface area contributed by atoms with E-state index in [1.807, 2.05) is 4.90 Å². The highest BCUT2D eigenvalue weighted by Crippen LogP contribution is 2.39. The molecule has 170 valence electrons. The summed E-state index contributed by atoms with van der Waals surface area (Å²) in [5, 5.41) is 3.19. The van der Waals surface area contributed by atoms with Crippen molar-refractivity contribution in [3.05, 3.63) is 53.6 Å². The van der Waals surface area contributed by atoms with Gasteiger partial charge in [-0.05, 0) is 35.9 Å². The first kappa shape index (κ1) is 23.0. The molecule has 0 saturated carbocycles. The third kappa shape index (κ3) is 6.41. The smallest absolute Gasteiger partial charge is 0.496 e. The SMILES string of the molecule is COc1ccc(OC(F)(F)F)cc1[C@H](c1ccc(OC(F)(F)F)cc1)N1CCNCC1. The predicted molar refractivity (Wildman–Crippen MR) is 99.1 cm³/mol. The van der Waals surface area contributed by atoms with Gasteiger partial charge in [0.15, 0.2) is 0 Å². The molecule has 0 aliphatic carbocycles. The van der Waals surface area contributed by atoms with Gasteiger partial charge in [-0.25, -0.2) is 0 Å². The van der Waals surface area contributed by atoms with Crippen molar-refractivity contribution < 1.29 is 40.6 Å². The van der Waals surface area contributed by atoms with E-state index < -0.39 is 30.3 Å². The Balaban J connectivity index is 2.02. The highest BCUT2D eigenvalue weighted by atomic mass is 19.4. The van der Waals surface area contributed by atoms with E-state index in [2.05, 4.69) is 14.8 Å². The van der Waals surface area contributed by atoms with Crippen LogP contribution in [0.1, 0.15) is 17.2 Å². The van der Waals surface area contributed by atoms with Gasteiger partial charge in [0.2, 0.25) is 0 Å². The number of nitrogens with one attached hydrogen (secondary N) is 1. The van der Waals surface area contributed by atoms with Gasteiger partial charge in [0.1, 0.15) is 17.2 Å². The van der Waals surface area contributed by atoms with Crippen molar-refractivity contribution in [2.24, 2.45) is 0 Å². The van der Waals surface area contributed by atoms with Crippen LogP contribution < -0.4 is 19.5 Å². The Hall–Kier alpha value is -2.66. The fourth-order valence-electron chi connectivity index (χ4n) is 3.50. The third-order valence-corrected chi connectivity index (χ3v) is 4.68. The zero-order valence-corrected chi connectivity index (χ0v) is 16.4. The van der Waals surface area contributed by atoms with Gasteiger partial charge >= 0.3 is 12.7 Å². The number of halogens is 6. The van der Waals surface area contributed by atoms with E-state index in [4.69, 9.17) is 4.74 Å². The minimum absolute atomic E-state index is 0.327. The summed E-state index contributed by atoms with van der Waals surface area (Å²) >= 11 is 0. The van der Waals surface area contributed by atoms with Crippen molar-refractivity contribution in [2.45, 2.75) is 18.8 Å². The molecule has 1 aliphatic rings. The van der Waals surface area contributed by atoms with Crippen LogP contribution in [-0.2, 0) is 0 Å². The molecule has 0 spiro atoms. The van der Waals surface area contributed by atoms with Gasteiger partial charge in [-0.2, -0.15) is 0 Å². The summed E-state index contributed by atoms with van der Waals surface area (Å²) in [4.78, 5) is 2.01. The highest BCUT2D eigenvalue weighted by Gasteiger charge is 2.33. The molecule has 1 heterocycles. The summed E-state index contributed by atoms with van der Waals surface area (Å²) in [6.45, 7) is 2.43. The normalized spacial score (nSPS) is 16.6. The second-order valence-corrected chi connectivity index (χ2v) is 6.76. The van der Waals surface area contributed by atoms with Crippen LogP contribution in [-0.4, -0.2) is 50.9 Å². The molecule has 1 N–H and O–H groups in total. The van der Waals surface area contributed by atoms with Crippen LogP contribution in [0.3, 0.4) is 0 Å². The molecule has 0 radical (unpaired) electrons. The van der Waals surface area contributed by atoms with E-state index >= 15 is 0 Å². The first-order valence-corrected chi connectivity index (χ1v) is 9.30. The van der Waals surface area contributed by atoms with Crippen LogP contribution in [0.4, 0.5) is 26.3 Å². The summed E-state index contributed by atoms with van der Waals surface area (Å²) in [6, 6.07) is 8.40. The van der Waals surface area contributed by atoms with Crippen molar-refractivity contribution in [1.82, 2.24) is 10.2 Å². The fraction of sp³-hybridized carbons (Fsp3) is 0.400. The maximum atomic E-state index is 12.7. The van der Waals surface area contributed by atoms with Crippen molar-refractivity contribution in [1.29, 1.82) is 0 Å². The van der Waals surface area contributed by atoms with Crippen LogP contribution in [0.2, 0.25) is 0 Å². The number of benzene rings is 2. The minimum atomic E-state index is -4.87. The van der Waals surface area contributed by atoms with Gasteiger partial charge in [-0.1, -0.05) is 12.1 Å². The van der Waals surface area contributed by atoms with Crippen molar-refractivity contribution in [2.75, 3.05) is 33.3 Å². The zero-order chi connectivity index (χ0) is 22.6. The van der Waals surface area contributed by atoms with E-state index in [9.17, 15) is 26.3 Å². The predicted octanol–water partition coefficient (Wildman–Crippen LogP) is 4.49. The molecule has 1 saturated heterocycles. The summed E-state index contributed by atoms with van der Waals surface area (Å²) in [5.41, 5.74) is 0.967. The highest BCUT2D eigenvalue weighted by molar-refractivity contribution is 5.47. The van der Waals surface area contributed by atoms with Crippen molar-refractivity contribution >= 4 is 0 Å². The summed E-state index contributed by atoms with van der Waals surface area (Å²) in [6.07, 6.45) is -9.70. The second kappa shape index (κ2) is 9.23. The van der Waals surface area contributed by atoms with Crippen LogP contribution >= 0.6 is 0 Å². The van der Waals surface area contributed by atoms with Crippen LogP contribution in [0.25, 0.3) is 0 Å².